The lowest BCUT2D eigenvalue weighted by atomic mass is 9.82. The average Bonchev–Trinajstić information content (AvgIpc) is 3.10. The van der Waals surface area contributed by atoms with Gasteiger partial charge < -0.3 is 19.7 Å². The van der Waals surface area contributed by atoms with Crippen LogP contribution in [0.15, 0.2) is 12.1 Å². The predicted octanol–water partition coefficient (Wildman–Crippen LogP) is 2.30. The number of imide groups is 2. The Morgan fingerprint density at radius 2 is 1.26 bits per heavy atom. The van der Waals surface area contributed by atoms with E-state index in [0.717, 1.165) is 55.5 Å². The van der Waals surface area contributed by atoms with Gasteiger partial charge in [-0.15, -0.1) is 0 Å². The van der Waals surface area contributed by atoms with Crippen LogP contribution >= 0.6 is 0 Å². The molecule has 2 aromatic carbocycles. The highest BCUT2D eigenvalue weighted by Gasteiger charge is 2.44. The molecule has 10 heteroatoms. The molecular formula is C29H30N4O6. The largest absolute Gasteiger partial charge is 0.396 e. The van der Waals surface area contributed by atoms with Gasteiger partial charge in [0, 0.05) is 78.8 Å². The average molecular weight is 531 g/mol. The number of carbonyl (C=O) groups is 4. The molecule has 0 saturated carbocycles. The van der Waals surface area contributed by atoms with Crippen molar-refractivity contribution in [2.45, 2.75) is 45.1 Å². The number of anilines is 1. The molecule has 0 spiro atoms. The maximum absolute atomic E-state index is 14.2. The van der Waals surface area contributed by atoms with Gasteiger partial charge in [0.25, 0.3) is 23.6 Å². The van der Waals surface area contributed by atoms with Crippen molar-refractivity contribution in [2.24, 2.45) is 0 Å². The summed E-state index contributed by atoms with van der Waals surface area (Å²) in [5.74, 6) is -0.797. The van der Waals surface area contributed by atoms with Crippen LogP contribution in [0.3, 0.4) is 0 Å². The van der Waals surface area contributed by atoms with Crippen molar-refractivity contribution in [2.75, 3.05) is 44.3 Å². The molecule has 3 aromatic rings. The van der Waals surface area contributed by atoms with Gasteiger partial charge in [-0.05, 0) is 50.7 Å². The van der Waals surface area contributed by atoms with E-state index < -0.39 is 23.6 Å². The van der Waals surface area contributed by atoms with E-state index in [-0.39, 0.29) is 39.1 Å². The predicted molar refractivity (Wildman–Crippen MR) is 143 cm³/mol. The summed E-state index contributed by atoms with van der Waals surface area (Å²) in [6, 6.07) is 3.18. The highest BCUT2D eigenvalue weighted by Crippen LogP contribution is 2.49. The van der Waals surface area contributed by atoms with Gasteiger partial charge in [-0.2, -0.15) is 0 Å². The Labute approximate surface area is 224 Å². The Morgan fingerprint density at radius 1 is 0.667 bits per heavy atom. The Morgan fingerprint density at radius 3 is 1.90 bits per heavy atom. The van der Waals surface area contributed by atoms with Crippen molar-refractivity contribution in [1.29, 1.82) is 0 Å². The first-order valence-corrected chi connectivity index (χ1v) is 13.9. The van der Waals surface area contributed by atoms with E-state index in [4.69, 9.17) is 0 Å². The molecule has 5 heterocycles. The van der Waals surface area contributed by atoms with Crippen molar-refractivity contribution in [1.82, 2.24) is 14.4 Å². The number of fused-ring (bicyclic) bond motifs is 5. The number of rotatable bonds is 6. The third-order valence-corrected chi connectivity index (χ3v) is 8.69. The summed E-state index contributed by atoms with van der Waals surface area (Å²) in [5, 5.41) is 20.4. The molecule has 0 fully saturated rings. The van der Waals surface area contributed by atoms with E-state index in [2.05, 4.69) is 9.47 Å². The molecule has 7 rings (SSSR count). The van der Waals surface area contributed by atoms with Crippen molar-refractivity contribution < 1.29 is 29.4 Å². The lowest BCUT2D eigenvalue weighted by molar-refractivity contribution is 0.0580. The van der Waals surface area contributed by atoms with Crippen LogP contribution in [0.4, 0.5) is 5.82 Å². The number of benzene rings is 2. The maximum Gasteiger partial charge on any atom is 0.263 e. The van der Waals surface area contributed by atoms with Gasteiger partial charge in [-0.25, -0.2) is 0 Å². The molecule has 0 unspecified atom stereocenters. The fourth-order valence-corrected chi connectivity index (χ4v) is 7.10. The van der Waals surface area contributed by atoms with Crippen LogP contribution in [0.2, 0.25) is 0 Å². The summed E-state index contributed by atoms with van der Waals surface area (Å²) in [4.78, 5) is 60.3. The minimum absolute atomic E-state index is 0.0828. The van der Waals surface area contributed by atoms with Crippen LogP contribution in [0, 0.1) is 0 Å². The lowest BCUT2D eigenvalue weighted by Gasteiger charge is -2.33. The first kappa shape index (κ1) is 24.3. The molecule has 39 heavy (non-hydrogen) atoms. The number of carbonyl (C=O) groups excluding carboxylic acids is 4. The quantitative estimate of drug-likeness (QED) is 0.469. The Kier molecular flexibility index (Phi) is 5.54. The number of aliphatic hydroxyl groups is 2. The minimum atomic E-state index is -0.478. The van der Waals surface area contributed by atoms with Gasteiger partial charge in [0.2, 0.25) is 0 Å². The van der Waals surface area contributed by atoms with E-state index in [0.29, 0.717) is 45.1 Å². The number of nitrogens with zero attached hydrogens (tertiary/aromatic N) is 4. The molecule has 0 radical (unpaired) electrons. The summed E-state index contributed by atoms with van der Waals surface area (Å²) >= 11 is 0. The Balaban J connectivity index is 1.65. The van der Waals surface area contributed by atoms with Gasteiger partial charge >= 0.3 is 0 Å². The minimum Gasteiger partial charge on any atom is -0.396 e. The van der Waals surface area contributed by atoms with E-state index in [1.807, 2.05) is 0 Å². The normalized spacial score (nSPS) is 18.5. The van der Waals surface area contributed by atoms with E-state index >= 15 is 0 Å². The fraction of sp³-hybridized carbons (Fsp3) is 0.448. The SMILES string of the molecule is O=C1c2ccc3c4c(c5c(c6c7n5CCCN7CCCC6)c(c24)C(=O)N1CCCO)C(=O)N(CCCO)C3=O. The van der Waals surface area contributed by atoms with Crippen molar-refractivity contribution in [3.63, 3.8) is 0 Å². The second kappa shape index (κ2) is 8.89. The summed E-state index contributed by atoms with van der Waals surface area (Å²) in [5.41, 5.74) is 3.06. The van der Waals surface area contributed by atoms with Gasteiger partial charge in [-0.3, -0.25) is 29.0 Å². The number of hydrogen-bond donors (Lipinski definition) is 2. The number of hydrogen-bond acceptors (Lipinski definition) is 7. The zero-order valence-corrected chi connectivity index (χ0v) is 21.7. The third kappa shape index (κ3) is 3.15. The van der Waals surface area contributed by atoms with Crippen molar-refractivity contribution >= 4 is 51.1 Å². The molecule has 4 amide bonds. The lowest BCUT2D eigenvalue weighted by Crippen LogP contribution is -2.44. The fourth-order valence-electron chi connectivity index (χ4n) is 7.10. The molecule has 2 N–H and O–H groups in total. The highest BCUT2D eigenvalue weighted by molar-refractivity contribution is 6.39. The number of aromatic nitrogens is 1. The monoisotopic (exact) mass is 530 g/mol. The summed E-state index contributed by atoms with van der Waals surface area (Å²) in [6.45, 7) is 2.34. The molecule has 4 aliphatic rings. The highest BCUT2D eigenvalue weighted by atomic mass is 16.3. The van der Waals surface area contributed by atoms with E-state index in [1.165, 1.54) is 9.80 Å². The smallest absolute Gasteiger partial charge is 0.263 e. The molecule has 0 aliphatic carbocycles. The molecule has 0 bridgehead atoms. The molecule has 0 atom stereocenters. The standard InChI is InChI=1S/C29H30N4O6/c34-14-4-12-32-26(36)17-7-8-18-20-19(17)22(28(32)38)21-16-6-1-2-9-30-10-3-11-31(25(16)30)24(21)23(20)29(39)33(27(18)37)13-5-15-35/h7-8,34-35H,1-6,9-15H2. The summed E-state index contributed by atoms with van der Waals surface area (Å²) in [7, 11) is 0. The van der Waals surface area contributed by atoms with Crippen molar-refractivity contribution in [3.8, 4) is 0 Å². The zero-order chi connectivity index (χ0) is 27.0. The van der Waals surface area contributed by atoms with E-state index in [9.17, 15) is 29.4 Å². The molecule has 4 aliphatic heterocycles. The second-order valence-electron chi connectivity index (χ2n) is 10.8. The zero-order valence-electron chi connectivity index (χ0n) is 21.7. The van der Waals surface area contributed by atoms with Crippen LogP contribution < -0.4 is 4.90 Å². The van der Waals surface area contributed by atoms with Gasteiger partial charge in [0.15, 0.2) is 0 Å². The van der Waals surface area contributed by atoms with Gasteiger partial charge in [0.05, 0.1) is 16.6 Å². The molecule has 10 nitrogen and oxygen atoms in total. The van der Waals surface area contributed by atoms with E-state index in [1.54, 1.807) is 12.1 Å². The molecule has 0 saturated heterocycles. The topological polar surface area (TPSA) is 123 Å². The number of amides is 4. The summed E-state index contributed by atoms with van der Waals surface area (Å²) in [6.07, 6.45) is 4.14. The Hall–Kier alpha value is -3.76. The van der Waals surface area contributed by atoms with Gasteiger partial charge in [-0.1, -0.05) is 0 Å². The first-order valence-electron chi connectivity index (χ1n) is 13.9. The van der Waals surface area contributed by atoms with Crippen LogP contribution in [0.25, 0.3) is 21.7 Å². The maximum atomic E-state index is 14.2. The van der Waals surface area contributed by atoms with Crippen LogP contribution in [-0.4, -0.2) is 87.6 Å². The molecule has 1 aromatic heterocycles. The first-order chi connectivity index (χ1) is 19.0. The van der Waals surface area contributed by atoms with Crippen LogP contribution in [-0.2, 0) is 13.0 Å². The molecular weight excluding hydrogens is 500 g/mol. The second-order valence-corrected chi connectivity index (χ2v) is 10.8. The summed E-state index contributed by atoms with van der Waals surface area (Å²) < 4.78 is 2.17. The number of aliphatic hydroxyl groups excluding tert-OH is 2. The van der Waals surface area contributed by atoms with Crippen LogP contribution in [0.5, 0.6) is 0 Å². The molecule has 202 valence electrons. The Bertz CT molecular complexity index is 1620. The van der Waals surface area contributed by atoms with Gasteiger partial charge in [0.1, 0.15) is 5.82 Å². The van der Waals surface area contributed by atoms with Crippen molar-refractivity contribution in [3.05, 3.63) is 39.9 Å². The third-order valence-electron chi connectivity index (χ3n) is 8.69. The number of aryl methyl sites for hydroxylation is 2. The van der Waals surface area contributed by atoms with Crippen LogP contribution in [0.1, 0.15) is 79.1 Å².